The first-order chi connectivity index (χ1) is 5.88. The molecule has 0 N–H and O–H groups in total. The van der Waals surface area contributed by atoms with E-state index in [0.717, 1.165) is 0 Å². The summed E-state index contributed by atoms with van der Waals surface area (Å²) in [6.07, 6.45) is 10.9. The summed E-state index contributed by atoms with van der Waals surface area (Å²) in [6, 6.07) is 0. The molecule has 0 aromatic heterocycles. The van der Waals surface area contributed by atoms with Gasteiger partial charge in [-0.1, -0.05) is 45.1 Å². The minimum absolute atomic E-state index is 0.385. The monoisotopic (exact) mass is 168 g/mol. The van der Waals surface area contributed by atoms with Gasteiger partial charge in [-0.15, -0.1) is 6.58 Å². The van der Waals surface area contributed by atoms with E-state index < -0.39 is 0 Å². The Hall–Kier alpha value is -0.300. The van der Waals surface area contributed by atoms with E-state index in [1.165, 1.54) is 38.5 Å². The molecule has 1 fully saturated rings. The average molecular weight is 168 g/mol. The molecule has 1 aliphatic heterocycles. The topological polar surface area (TPSA) is 12.5 Å². The minimum Gasteiger partial charge on any atom is -0.365 e. The average Bonchev–Trinajstić information content (AvgIpc) is 2.83. The van der Waals surface area contributed by atoms with Crippen molar-refractivity contribution in [2.45, 2.75) is 57.7 Å². The van der Waals surface area contributed by atoms with Crippen molar-refractivity contribution in [1.29, 1.82) is 0 Å². The second-order valence-electron chi connectivity index (χ2n) is 3.58. The number of hydrogen-bond donors (Lipinski definition) is 0. The van der Waals surface area contributed by atoms with Gasteiger partial charge in [-0.25, -0.2) is 0 Å². The molecule has 0 spiro atoms. The van der Waals surface area contributed by atoms with Gasteiger partial charge in [0, 0.05) is 0 Å². The van der Waals surface area contributed by atoms with Crippen LogP contribution in [0.2, 0.25) is 0 Å². The lowest BCUT2D eigenvalue weighted by atomic mass is 10.1. The van der Waals surface area contributed by atoms with Gasteiger partial charge in [0.15, 0.2) is 0 Å². The predicted molar refractivity (Wildman–Crippen MR) is 52.2 cm³/mol. The van der Waals surface area contributed by atoms with Crippen molar-refractivity contribution in [3.63, 3.8) is 0 Å². The van der Waals surface area contributed by atoms with Gasteiger partial charge in [-0.2, -0.15) is 0 Å². The van der Waals surface area contributed by atoms with Crippen LogP contribution in [-0.4, -0.2) is 12.2 Å². The lowest BCUT2D eigenvalue weighted by Gasteiger charge is -1.96. The summed E-state index contributed by atoms with van der Waals surface area (Å²) >= 11 is 0. The number of unbranched alkanes of at least 4 members (excludes halogenated alkanes) is 4. The molecule has 2 atom stereocenters. The molecule has 0 bridgehead atoms. The second kappa shape index (κ2) is 5.36. The Morgan fingerprint density at radius 1 is 1.25 bits per heavy atom. The highest BCUT2D eigenvalue weighted by Gasteiger charge is 2.34. The predicted octanol–water partition coefficient (Wildman–Crippen LogP) is 3.30. The fourth-order valence-corrected chi connectivity index (χ4v) is 1.55. The van der Waals surface area contributed by atoms with Gasteiger partial charge in [0.2, 0.25) is 0 Å². The summed E-state index contributed by atoms with van der Waals surface area (Å²) in [6.45, 7) is 5.95. The van der Waals surface area contributed by atoms with Crippen LogP contribution < -0.4 is 0 Å². The first-order valence-electron chi connectivity index (χ1n) is 5.16. The third-order valence-electron chi connectivity index (χ3n) is 2.45. The fraction of sp³-hybridized carbons (Fsp3) is 0.818. The fourth-order valence-electron chi connectivity index (χ4n) is 1.55. The standard InChI is InChI=1S/C11H20O/c1-3-5-6-7-8-9-11-10(4-2)12-11/h4,10-11H,2-3,5-9H2,1H3/t10-,11+/m1/s1. The maximum Gasteiger partial charge on any atom is 0.102 e. The van der Waals surface area contributed by atoms with Crippen LogP contribution in [0, 0.1) is 0 Å². The third kappa shape index (κ3) is 3.40. The number of epoxide rings is 1. The first-order valence-corrected chi connectivity index (χ1v) is 5.16. The largest absolute Gasteiger partial charge is 0.365 e. The van der Waals surface area contributed by atoms with Crippen molar-refractivity contribution < 1.29 is 4.74 Å². The highest BCUT2D eigenvalue weighted by Crippen LogP contribution is 2.27. The van der Waals surface area contributed by atoms with E-state index >= 15 is 0 Å². The van der Waals surface area contributed by atoms with Crippen LogP contribution in [0.3, 0.4) is 0 Å². The summed E-state index contributed by atoms with van der Waals surface area (Å²) < 4.78 is 5.35. The summed E-state index contributed by atoms with van der Waals surface area (Å²) in [5.41, 5.74) is 0. The SMILES string of the molecule is C=C[C@H]1O[C@H]1CCCCCCC. The molecule has 1 nitrogen and oxygen atoms in total. The molecule has 1 rings (SSSR count). The zero-order chi connectivity index (χ0) is 8.81. The Labute approximate surface area is 75.8 Å². The van der Waals surface area contributed by atoms with E-state index in [1.54, 1.807) is 0 Å². The van der Waals surface area contributed by atoms with Crippen molar-refractivity contribution in [3.05, 3.63) is 12.7 Å². The number of hydrogen-bond acceptors (Lipinski definition) is 1. The van der Waals surface area contributed by atoms with Gasteiger partial charge in [-0.3, -0.25) is 0 Å². The van der Waals surface area contributed by atoms with Gasteiger partial charge in [-0.05, 0) is 6.42 Å². The second-order valence-corrected chi connectivity index (χ2v) is 3.58. The number of rotatable bonds is 7. The molecule has 1 heterocycles. The minimum atomic E-state index is 0.385. The van der Waals surface area contributed by atoms with E-state index in [9.17, 15) is 0 Å². The highest BCUT2D eigenvalue weighted by molar-refractivity contribution is 4.97. The summed E-state index contributed by atoms with van der Waals surface area (Å²) in [7, 11) is 0. The third-order valence-corrected chi connectivity index (χ3v) is 2.45. The van der Waals surface area contributed by atoms with Crippen LogP contribution in [-0.2, 0) is 4.74 Å². The molecule has 70 valence electrons. The lowest BCUT2D eigenvalue weighted by Crippen LogP contribution is -1.90. The Morgan fingerprint density at radius 3 is 2.58 bits per heavy atom. The Morgan fingerprint density at radius 2 is 2.00 bits per heavy atom. The van der Waals surface area contributed by atoms with Gasteiger partial charge in [0.05, 0.1) is 6.10 Å². The molecule has 0 radical (unpaired) electrons. The van der Waals surface area contributed by atoms with Crippen molar-refractivity contribution in [1.82, 2.24) is 0 Å². The Bertz CT molecular complexity index is 131. The molecule has 0 aromatic rings. The Kier molecular flexibility index (Phi) is 4.37. The lowest BCUT2D eigenvalue weighted by molar-refractivity contribution is 0.372. The van der Waals surface area contributed by atoms with Crippen LogP contribution >= 0.6 is 0 Å². The normalized spacial score (nSPS) is 27.1. The first kappa shape index (κ1) is 9.79. The molecule has 0 unspecified atom stereocenters. The Balaban J connectivity index is 1.81. The molecular formula is C11H20O. The van der Waals surface area contributed by atoms with Crippen LogP contribution in [0.25, 0.3) is 0 Å². The van der Waals surface area contributed by atoms with Gasteiger partial charge in [0.25, 0.3) is 0 Å². The molecule has 0 amide bonds. The summed E-state index contributed by atoms with van der Waals surface area (Å²) in [5, 5.41) is 0. The van der Waals surface area contributed by atoms with E-state index in [-0.39, 0.29) is 0 Å². The zero-order valence-corrected chi connectivity index (χ0v) is 8.09. The van der Waals surface area contributed by atoms with Crippen LogP contribution in [0.5, 0.6) is 0 Å². The maximum atomic E-state index is 5.35. The molecule has 1 aliphatic rings. The molecule has 12 heavy (non-hydrogen) atoms. The quantitative estimate of drug-likeness (QED) is 0.323. The molecule has 0 aliphatic carbocycles. The van der Waals surface area contributed by atoms with Crippen molar-refractivity contribution in [2.75, 3.05) is 0 Å². The van der Waals surface area contributed by atoms with Crippen LogP contribution in [0.4, 0.5) is 0 Å². The van der Waals surface area contributed by atoms with E-state index in [1.807, 2.05) is 6.08 Å². The summed E-state index contributed by atoms with van der Waals surface area (Å²) in [5.74, 6) is 0. The van der Waals surface area contributed by atoms with E-state index in [4.69, 9.17) is 4.74 Å². The number of ether oxygens (including phenoxy) is 1. The smallest absolute Gasteiger partial charge is 0.102 e. The molecule has 0 saturated carbocycles. The van der Waals surface area contributed by atoms with Gasteiger partial charge >= 0.3 is 0 Å². The van der Waals surface area contributed by atoms with Gasteiger partial charge < -0.3 is 4.74 Å². The van der Waals surface area contributed by atoms with Crippen molar-refractivity contribution >= 4 is 0 Å². The van der Waals surface area contributed by atoms with Crippen LogP contribution in [0.15, 0.2) is 12.7 Å². The van der Waals surface area contributed by atoms with Crippen LogP contribution in [0.1, 0.15) is 45.4 Å². The molecule has 0 aromatic carbocycles. The summed E-state index contributed by atoms with van der Waals surface area (Å²) in [4.78, 5) is 0. The van der Waals surface area contributed by atoms with Crippen molar-refractivity contribution in [3.8, 4) is 0 Å². The maximum absolute atomic E-state index is 5.35. The zero-order valence-electron chi connectivity index (χ0n) is 8.09. The van der Waals surface area contributed by atoms with E-state index in [0.29, 0.717) is 12.2 Å². The van der Waals surface area contributed by atoms with E-state index in [2.05, 4.69) is 13.5 Å². The highest BCUT2D eigenvalue weighted by atomic mass is 16.6. The van der Waals surface area contributed by atoms with Gasteiger partial charge in [0.1, 0.15) is 6.10 Å². The molecule has 1 heteroatoms. The molecule has 1 saturated heterocycles. The van der Waals surface area contributed by atoms with Crippen molar-refractivity contribution in [2.24, 2.45) is 0 Å². The molecular weight excluding hydrogens is 148 g/mol.